The van der Waals surface area contributed by atoms with E-state index in [1.807, 2.05) is 19.1 Å². The summed E-state index contributed by atoms with van der Waals surface area (Å²) < 4.78 is 10.5. The van der Waals surface area contributed by atoms with Gasteiger partial charge >= 0.3 is 0 Å². The number of hydrogen-bond donors (Lipinski definition) is 2. The zero-order valence-electron chi connectivity index (χ0n) is 15.1. The van der Waals surface area contributed by atoms with Crippen LogP contribution in [0, 0.1) is 0 Å². The lowest BCUT2D eigenvalue weighted by atomic mass is 10.1. The minimum absolute atomic E-state index is 0. The van der Waals surface area contributed by atoms with Crippen molar-refractivity contribution in [2.45, 2.75) is 33.1 Å². The van der Waals surface area contributed by atoms with Gasteiger partial charge in [-0.2, -0.15) is 0 Å². The fraction of sp³-hybridized carbons (Fsp3) is 0.611. The molecular weight excluding hydrogens is 417 g/mol. The number of nitrogens with zero attached hydrogens (tertiary/aromatic N) is 1. The number of rotatable bonds is 11. The van der Waals surface area contributed by atoms with Crippen LogP contribution in [0.4, 0.5) is 0 Å². The van der Waals surface area contributed by atoms with Crippen LogP contribution < -0.4 is 15.4 Å². The van der Waals surface area contributed by atoms with Gasteiger partial charge in [-0.05, 0) is 50.8 Å². The average molecular weight is 449 g/mol. The first-order valence-corrected chi connectivity index (χ1v) is 8.53. The van der Waals surface area contributed by atoms with Gasteiger partial charge in [-0.1, -0.05) is 12.1 Å². The summed E-state index contributed by atoms with van der Waals surface area (Å²) in [5, 5.41) is 6.65. The molecule has 0 aliphatic carbocycles. The van der Waals surface area contributed by atoms with Crippen molar-refractivity contribution in [3.05, 3.63) is 29.8 Å². The molecule has 0 heterocycles. The van der Waals surface area contributed by atoms with Gasteiger partial charge in [0.2, 0.25) is 0 Å². The number of hydrogen-bond acceptors (Lipinski definition) is 3. The van der Waals surface area contributed by atoms with Crippen molar-refractivity contribution in [2.75, 3.05) is 40.0 Å². The first kappa shape index (κ1) is 23.0. The molecule has 0 atom stereocenters. The molecule has 0 fully saturated rings. The molecule has 1 aromatic rings. The topological polar surface area (TPSA) is 54.9 Å². The number of unbranched alkanes of at least 4 members (excludes halogenated alkanes) is 1. The largest absolute Gasteiger partial charge is 0.497 e. The standard InChI is InChI=1S/C18H31N3O2.HI/c1-4-19-18(20-13-6-7-15-23-5-2)21-14-12-16-8-10-17(22-3)11-9-16;/h8-11H,4-7,12-15H2,1-3H3,(H2,19,20,21);1H. The first-order chi connectivity index (χ1) is 11.3. The Hall–Kier alpha value is -1.02. The predicted molar refractivity (Wildman–Crippen MR) is 112 cm³/mol. The Morgan fingerprint density at radius 3 is 2.46 bits per heavy atom. The molecule has 0 saturated heterocycles. The summed E-state index contributed by atoms with van der Waals surface area (Å²) in [5.41, 5.74) is 1.28. The second-order valence-corrected chi connectivity index (χ2v) is 5.19. The van der Waals surface area contributed by atoms with Crippen molar-refractivity contribution in [1.29, 1.82) is 0 Å². The highest BCUT2D eigenvalue weighted by Gasteiger charge is 1.98. The van der Waals surface area contributed by atoms with Crippen LogP contribution in [0.3, 0.4) is 0 Å². The van der Waals surface area contributed by atoms with Gasteiger partial charge in [0.1, 0.15) is 5.75 Å². The summed E-state index contributed by atoms with van der Waals surface area (Å²) >= 11 is 0. The Morgan fingerprint density at radius 2 is 1.83 bits per heavy atom. The predicted octanol–water partition coefficient (Wildman–Crippen LogP) is 3.23. The Bertz CT molecular complexity index is 438. The second kappa shape index (κ2) is 15.5. The molecule has 1 rings (SSSR count). The molecule has 5 nitrogen and oxygen atoms in total. The Balaban J connectivity index is 0.00000529. The van der Waals surface area contributed by atoms with Gasteiger partial charge in [0.15, 0.2) is 5.96 Å². The molecule has 6 heteroatoms. The molecule has 0 radical (unpaired) electrons. The number of halogens is 1. The van der Waals surface area contributed by atoms with Crippen LogP contribution in [0.1, 0.15) is 32.3 Å². The van der Waals surface area contributed by atoms with E-state index < -0.39 is 0 Å². The van der Waals surface area contributed by atoms with Crippen LogP contribution in [0.2, 0.25) is 0 Å². The van der Waals surface area contributed by atoms with Crippen LogP contribution in [0.15, 0.2) is 29.3 Å². The van der Waals surface area contributed by atoms with Gasteiger partial charge in [-0.15, -0.1) is 24.0 Å². The van der Waals surface area contributed by atoms with E-state index in [1.54, 1.807) is 7.11 Å². The van der Waals surface area contributed by atoms with Gasteiger partial charge in [0.05, 0.1) is 7.11 Å². The van der Waals surface area contributed by atoms with Crippen molar-refractivity contribution in [3.8, 4) is 5.75 Å². The molecule has 0 spiro atoms. The average Bonchev–Trinajstić information content (AvgIpc) is 2.58. The smallest absolute Gasteiger partial charge is 0.191 e. The van der Waals surface area contributed by atoms with E-state index in [-0.39, 0.29) is 24.0 Å². The van der Waals surface area contributed by atoms with Crippen molar-refractivity contribution in [3.63, 3.8) is 0 Å². The van der Waals surface area contributed by atoms with Gasteiger partial charge in [-0.25, -0.2) is 0 Å². The maximum Gasteiger partial charge on any atom is 0.191 e. The molecule has 0 amide bonds. The fourth-order valence-electron chi connectivity index (χ4n) is 2.11. The minimum Gasteiger partial charge on any atom is -0.497 e. The summed E-state index contributed by atoms with van der Waals surface area (Å²) in [6.45, 7) is 8.27. The van der Waals surface area contributed by atoms with Crippen molar-refractivity contribution >= 4 is 29.9 Å². The SMILES string of the molecule is CCNC(=NCCCCOCC)NCCc1ccc(OC)cc1.I. The van der Waals surface area contributed by atoms with Gasteiger partial charge < -0.3 is 20.1 Å². The fourth-order valence-corrected chi connectivity index (χ4v) is 2.11. The van der Waals surface area contributed by atoms with Crippen LogP contribution in [-0.2, 0) is 11.2 Å². The number of nitrogens with one attached hydrogen (secondary N) is 2. The minimum atomic E-state index is 0. The van der Waals surface area contributed by atoms with E-state index in [1.165, 1.54) is 5.56 Å². The maximum absolute atomic E-state index is 5.33. The lowest BCUT2D eigenvalue weighted by Crippen LogP contribution is -2.38. The number of methoxy groups -OCH3 is 1. The summed E-state index contributed by atoms with van der Waals surface area (Å²) in [6.07, 6.45) is 3.07. The first-order valence-electron chi connectivity index (χ1n) is 8.53. The van der Waals surface area contributed by atoms with E-state index in [0.717, 1.165) is 63.8 Å². The third kappa shape index (κ3) is 10.7. The van der Waals surface area contributed by atoms with Gasteiger partial charge in [0.25, 0.3) is 0 Å². The molecular formula is C18H32IN3O2. The van der Waals surface area contributed by atoms with Gasteiger partial charge in [-0.3, -0.25) is 4.99 Å². The van der Waals surface area contributed by atoms with Crippen molar-refractivity contribution in [1.82, 2.24) is 10.6 Å². The number of benzene rings is 1. The zero-order chi connectivity index (χ0) is 16.8. The van der Waals surface area contributed by atoms with Crippen molar-refractivity contribution < 1.29 is 9.47 Å². The van der Waals surface area contributed by atoms with Crippen LogP contribution in [-0.4, -0.2) is 45.9 Å². The summed E-state index contributed by atoms with van der Waals surface area (Å²) in [7, 11) is 1.68. The summed E-state index contributed by atoms with van der Waals surface area (Å²) in [6, 6.07) is 8.18. The molecule has 24 heavy (non-hydrogen) atoms. The van der Waals surface area contributed by atoms with E-state index >= 15 is 0 Å². The van der Waals surface area contributed by atoms with Gasteiger partial charge in [0, 0.05) is 32.8 Å². The lowest BCUT2D eigenvalue weighted by Gasteiger charge is -2.11. The van der Waals surface area contributed by atoms with Crippen molar-refractivity contribution in [2.24, 2.45) is 4.99 Å². The molecule has 0 aliphatic rings. The Morgan fingerprint density at radius 1 is 1.08 bits per heavy atom. The lowest BCUT2D eigenvalue weighted by molar-refractivity contribution is 0.144. The highest BCUT2D eigenvalue weighted by molar-refractivity contribution is 14.0. The maximum atomic E-state index is 5.33. The Labute approximate surface area is 163 Å². The monoisotopic (exact) mass is 449 g/mol. The third-order valence-corrected chi connectivity index (χ3v) is 3.38. The second-order valence-electron chi connectivity index (χ2n) is 5.19. The van der Waals surface area contributed by atoms with E-state index in [0.29, 0.717) is 0 Å². The molecule has 1 aromatic carbocycles. The highest BCUT2D eigenvalue weighted by Crippen LogP contribution is 2.11. The highest BCUT2D eigenvalue weighted by atomic mass is 127. The number of guanidine groups is 1. The molecule has 2 N–H and O–H groups in total. The van der Waals surface area contributed by atoms with Crippen LogP contribution in [0.25, 0.3) is 0 Å². The van der Waals surface area contributed by atoms with E-state index in [2.05, 4.69) is 34.7 Å². The Kier molecular flexibility index (Phi) is 14.8. The normalized spacial score (nSPS) is 10.9. The summed E-state index contributed by atoms with van der Waals surface area (Å²) in [5.74, 6) is 1.78. The van der Waals surface area contributed by atoms with Crippen LogP contribution in [0.5, 0.6) is 5.75 Å². The molecule has 138 valence electrons. The number of aliphatic imine (C=N–C) groups is 1. The quantitative estimate of drug-likeness (QED) is 0.236. The molecule has 0 unspecified atom stereocenters. The van der Waals surface area contributed by atoms with E-state index in [4.69, 9.17) is 9.47 Å². The molecule has 0 saturated carbocycles. The zero-order valence-corrected chi connectivity index (χ0v) is 17.5. The number of ether oxygens (including phenoxy) is 2. The van der Waals surface area contributed by atoms with Crippen LogP contribution >= 0.6 is 24.0 Å². The summed E-state index contributed by atoms with van der Waals surface area (Å²) in [4.78, 5) is 4.59. The molecule has 0 bridgehead atoms. The third-order valence-electron chi connectivity index (χ3n) is 3.38. The molecule has 0 aromatic heterocycles. The molecule has 0 aliphatic heterocycles. The van der Waals surface area contributed by atoms with E-state index in [9.17, 15) is 0 Å².